The largest absolute Gasteiger partial charge is 0.457 e. The van der Waals surface area contributed by atoms with Crippen LogP contribution in [0.5, 0.6) is 11.5 Å². The molecule has 0 fully saturated rings. The number of rotatable bonds is 6. The zero-order valence-corrected chi connectivity index (χ0v) is 13.7. The molecule has 0 aliphatic heterocycles. The topological polar surface area (TPSA) is 21.3 Å². The molecule has 0 saturated carbocycles. The van der Waals surface area contributed by atoms with Crippen molar-refractivity contribution in [1.82, 2.24) is 5.32 Å². The summed E-state index contributed by atoms with van der Waals surface area (Å²) in [5.74, 6) is 2.07. The van der Waals surface area contributed by atoms with Crippen LogP contribution in [-0.4, -0.2) is 6.54 Å². The Morgan fingerprint density at radius 3 is 2.38 bits per heavy atom. The summed E-state index contributed by atoms with van der Waals surface area (Å²) in [6, 6.07) is 13.2. The average molecular weight is 324 g/mol. The molecular weight excluding hydrogens is 305 g/mol. The van der Waals surface area contributed by atoms with Gasteiger partial charge in [0.2, 0.25) is 0 Å². The molecule has 0 saturated heterocycles. The first-order valence-electron chi connectivity index (χ1n) is 6.97. The monoisotopic (exact) mass is 323 g/mol. The molecule has 112 valence electrons. The molecule has 4 heteroatoms. The smallest absolute Gasteiger partial charge is 0.131 e. The number of ether oxygens (including phenoxy) is 1. The van der Waals surface area contributed by atoms with Crippen LogP contribution in [0.1, 0.15) is 19.4 Å². The standard InChI is InChI=1S/C17H19Cl2NO/c1-12(2)10-20-11-13-5-3-4-6-17(13)21-16-8-14(18)7-15(19)9-16/h3-9,12,20H,10-11H2,1-2H3. The van der Waals surface area contributed by atoms with E-state index in [4.69, 9.17) is 27.9 Å². The van der Waals surface area contributed by atoms with Gasteiger partial charge in [-0.1, -0.05) is 55.2 Å². The number of nitrogens with one attached hydrogen (secondary N) is 1. The molecule has 0 aromatic heterocycles. The van der Waals surface area contributed by atoms with Crippen LogP contribution in [0.3, 0.4) is 0 Å². The number of para-hydroxylation sites is 1. The van der Waals surface area contributed by atoms with E-state index < -0.39 is 0 Å². The summed E-state index contributed by atoms with van der Waals surface area (Å²) in [7, 11) is 0. The molecule has 0 atom stereocenters. The number of hydrogen-bond donors (Lipinski definition) is 1. The van der Waals surface area contributed by atoms with Gasteiger partial charge in [-0.2, -0.15) is 0 Å². The van der Waals surface area contributed by atoms with Crippen LogP contribution in [-0.2, 0) is 6.54 Å². The van der Waals surface area contributed by atoms with E-state index in [1.807, 2.05) is 18.2 Å². The summed E-state index contributed by atoms with van der Waals surface area (Å²) in [6.45, 7) is 6.10. The molecule has 21 heavy (non-hydrogen) atoms. The van der Waals surface area contributed by atoms with Crippen molar-refractivity contribution in [3.63, 3.8) is 0 Å². The molecule has 2 rings (SSSR count). The Labute approximate surface area is 136 Å². The lowest BCUT2D eigenvalue weighted by Gasteiger charge is -2.13. The van der Waals surface area contributed by atoms with E-state index in [-0.39, 0.29) is 0 Å². The molecule has 0 heterocycles. The highest BCUT2D eigenvalue weighted by Crippen LogP contribution is 2.30. The van der Waals surface area contributed by atoms with E-state index in [1.165, 1.54) is 0 Å². The summed E-state index contributed by atoms with van der Waals surface area (Å²) in [6.07, 6.45) is 0. The Hall–Kier alpha value is -1.22. The molecule has 0 amide bonds. The molecule has 0 bridgehead atoms. The Balaban J connectivity index is 2.12. The van der Waals surface area contributed by atoms with E-state index in [0.717, 1.165) is 24.4 Å². The molecule has 0 spiro atoms. The third kappa shape index (κ3) is 5.24. The quantitative estimate of drug-likeness (QED) is 0.754. The summed E-state index contributed by atoms with van der Waals surface area (Å²) in [5.41, 5.74) is 1.11. The third-order valence-electron chi connectivity index (χ3n) is 2.90. The van der Waals surface area contributed by atoms with Crippen LogP contribution in [0, 0.1) is 5.92 Å². The molecule has 0 aliphatic carbocycles. The van der Waals surface area contributed by atoms with E-state index in [2.05, 4.69) is 25.2 Å². The zero-order chi connectivity index (χ0) is 15.2. The molecule has 2 aromatic carbocycles. The SMILES string of the molecule is CC(C)CNCc1ccccc1Oc1cc(Cl)cc(Cl)c1. The van der Waals surface area contributed by atoms with Crippen molar-refractivity contribution in [3.05, 3.63) is 58.1 Å². The van der Waals surface area contributed by atoms with Crippen LogP contribution >= 0.6 is 23.2 Å². The third-order valence-corrected chi connectivity index (χ3v) is 3.34. The normalized spacial score (nSPS) is 10.9. The number of benzene rings is 2. The Kier molecular flexibility index (Phi) is 5.92. The fourth-order valence-electron chi connectivity index (χ4n) is 1.96. The maximum Gasteiger partial charge on any atom is 0.131 e. The highest BCUT2D eigenvalue weighted by molar-refractivity contribution is 6.34. The molecule has 0 radical (unpaired) electrons. The average Bonchev–Trinajstić information content (AvgIpc) is 2.39. The van der Waals surface area contributed by atoms with Gasteiger partial charge in [-0.25, -0.2) is 0 Å². The molecule has 2 nitrogen and oxygen atoms in total. The highest BCUT2D eigenvalue weighted by atomic mass is 35.5. The van der Waals surface area contributed by atoms with Gasteiger partial charge in [-0.15, -0.1) is 0 Å². The first-order chi connectivity index (χ1) is 10.0. The molecular formula is C17H19Cl2NO. The summed E-state index contributed by atoms with van der Waals surface area (Å²) in [4.78, 5) is 0. The van der Waals surface area contributed by atoms with Gasteiger partial charge in [0.1, 0.15) is 11.5 Å². The van der Waals surface area contributed by atoms with E-state index >= 15 is 0 Å². The van der Waals surface area contributed by atoms with Gasteiger partial charge in [0.15, 0.2) is 0 Å². The lowest BCUT2D eigenvalue weighted by atomic mass is 10.2. The van der Waals surface area contributed by atoms with Crippen LogP contribution in [0.2, 0.25) is 10.0 Å². The predicted molar refractivity (Wildman–Crippen MR) is 89.5 cm³/mol. The van der Waals surface area contributed by atoms with Crippen molar-refractivity contribution in [2.24, 2.45) is 5.92 Å². The predicted octanol–water partition coefficient (Wildman–Crippen LogP) is 5.53. The summed E-state index contributed by atoms with van der Waals surface area (Å²) < 4.78 is 5.92. The Morgan fingerprint density at radius 1 is 1.05 bits per heavy atom. The second-order valence-corrected chi connectivity index (χ2v) is 6.21. The van der Waals surface area contributed by atoms with E-state index in [0.29, 0.717) is 21.7 Å². The van der Waals surface area contributed by atoms with Crippen molar-refractivity contribution in [2.45, 2.75) is 20.4 Å². The van der Waals surface area contributed by atoms with Crippen LogP contribution in [0.4, 0.5) is 0 Å². The van der Waals surface area contributed by atoms with Gasteiger partial charge < -0.3 is 10.1 Å². The number of hydrogen-bond acceptors (Lipinski definition) is 2. The van der Waals surface area contributed by atoms with Gasteiger partial charge in [0, 0.05) is 22.2 Å². The Morgan fingerprint density at radius 2 is 1.71 bits per heavy atom. The maximum absolute atomic E-state index is 6.00. The fraction of sp³-hybridized carbons (Fsp3) is 0.294. The summed E-state index contributed by atoms with van der Waals surface area (Å²) >= 11 is 12.0. The van der Waals surface area contributed by atoms with Crippen LogP contribution < -0.4 is 10.1 Å². The van der Waals surface area contributed by atoms with Crippen molar-refractivity contribution in [1.29, 1.82) is 0 Å². The second-order valence-electron chi connectivity index (χ2n) is 5.34. The molecule has 2 aromatic rings. The maximum atomic E-state index is 6.00. The van der Waals surface area contributed by atoms with Crippen LogP contribution in [0.25, 0.3) is 0 Å². The molecule has 0 aliphatic rings. The van der Waals surface area contributed by atoms with Crippen molar-refractivity contribution >= 4 is 23.2 Å². The minimum atomic E-state index is 0.563. The molecule has 1 N–H and O–H groups in total. The van der Waals surface area contributed by atoms with Crippen molar-refractivity contribution < 1.29 is 4.74 Å². The van der Waals surface area contributed by atoms with Crippen molar-refractivity contribution in [2.75, 3.05) is 6.54 Å². The zero-order valence-electron chi connectivity index (χ0n) is 12.2. The minimum absolute atomic E-state index is 0.563. The minimum Gasteiger partial charge on any atom is -0.457 e. The second kappa shape index (κ2) is 7.69. The summed E-state index contributed by atoms with van der Waals surface area (Å²) in [5, 5.41) is 4.54. The van der Waals surface area contributed by atoms with Crippen molar-refractivity contribution in [3.8, 4) is 11.5 Å². The van der Waals surface area contributed by atoms with E-state index in [9.17, 15) is 0 Å². The lowest BCUT2D eigenvalue weighted by molar-refractivity contribution is 0.469. The van der Waals surface area contributed by atoms with Gasteiger partial charge in [0.05, 0.1) is 0 Å². The molecule has 0 unspecified atom stereocenters. The fourth-order valence-corrected chi connectivity index (χ4v) is 2.47. The van der Waals surface area contributed by atoms with Gasteiger partial charge in [-0.05, 0) is 36.7 Å². The highest BCUT2D eigenvalue weighted by Gasteiger charge is 2.06. The lowest BCUT2D eigenvalue weighted by Crippen LogP contribution is -2.19. The van der Waals surface area contributed by atoms with E-state index in [1.54, 1.807) is 18.2 Å². The van der Waals surface area contributed by atoms with Crippen LogP contribution in [0.15, 0.2) is 42.5 Å². The van der Waals surface area contributed by atoms with Gasteiger partial charge >= 0.3 is 0 Å². The number of halogens is 2. The first-order valence-corrected chi connectivity index (χ1v) is 7.73. The van der Waals surface area contributed by atoms with Gasteiger partial charge in [-0.3, -0.25) is 0 Å². The Bertz CT molecular complexity index is 579. The first kappa shape index (κ1) is 16.2. The van der Waals surface area contributed by atoms with Gasteiger partial charge in [0.25, 0.3) is 0 Å².